The molecule has 25 atom stereocenters. The Kier molecular flexibility index (Phi) is 42.2. The van der Waals surface area contributed by atoms with Crippen LogP contribution in [0.25, 0.3) is 0 Å². The summed E-state index contributed by atoms with van der Waals surface area (Å²) in [5, 5.41) is 141. The monoisotopic (exact) mass is 1510 g/mol. The summed E-state index contributed by atoms with van der Waals surface area (Å²) in [7, 11) is 0. The van der Waals surface area contributed by atoms with Gasteiger partial charge in [-0.2, -0.15) is 0 Å². The van der Waals surface area contributed by atoms with Crippen LogP contribution in [0.5, 0.6) is 0 Å². The average molecular weight is 1510 g/mol. The van der Waals surface area contributed by atoms with Crippen LogP contribution in [0.4, 0.5) is 0 Å². The molecule has 26 heteroatoms. The molecule has 26 nitrogen and oxygen atoms in total. The number of ether oxygens (including phenoxy) is 3. The number of Topliss-reactive ketones (excluding diaryl/α,β-unsaturated/α-hetero) is 1. The minimum absolute atomic E-state index is 0.0235. The fraction of sp³-hybridized carbons (Fsp3) is 0.704. The number of fused-ring (bicyclic) bond motifs is 2. The summed E-state index contributed by atoms with van der Waals surface area (Å²) < 4.78 is 18.2. The molecular weight excluding hydrogens is 1380 g/mol. The second-order valence-electron chi connectivity index (χ2n) is 31.6. The number of carbonyl (C=O) groups is 8. The Morgan fingerprint density at radius 3 is 1.90 bits per heavy atom. The number of carboxylic acid groups (broad SMARTS) is 2. The lowest BCUT2D eigenvalue weighted by Gasteiger charge is -2.38. The Morgan fingerprint density at radius 2 is 1.32 bits per heavy atom. The van der Waals surface area contributed by atoms with E-state index in [1.807, 2.05) is 52.0 Å². The highest BCUT2D eigenvalue weighted by Crippen LogP contribution is 2.34. The van der Waals surface area contributed by atoms with Crippen molar-refractivity contribution in [2.45, 2.75) is 299 Å². The number of esters is 2. The van der Waals surface area contributed by atoms with E-state index >= 15 is 0 Å². The summed E-state index contributed by atoms with van der Waals surface area (Å²) in [5.74, 6) is -15.5. The topological polar surface area (TPSA) is 443 Å². The molecule has 1 saturated heterocycles. The first-order valence-corrected chi connectivity index (χ1v) is 37.9. The molecular formula is C81H131N3O23. The largest absolute Gasteiger partial charge is 0.479 e. The Balaban J connectivity index is 2.69. The highest BCUT2D eigenvalue weighted by atomic mass is 16.6. The van der Waals surface area contributed by atoms with Crippen LogP contribution < -0.4 is 16.0 Å². The average Bonchev–Trinajstić information content (AvgIpc) is 0.838. The van der Waals surface area contributed by atoms with Gasteiger partial charge in [-0.15, -0.1) is 0 Å². The van der Waals surface area contributed by atoms with E-state index in [9.17, 15) is 99.6 Å². The van der Waals surface area contributed by atoms with Crippen LogP contribution in [0, 0.1) is 64.6 Å². The molecule has 2 bridgehead atoms. The summed E-state index contributed by atoms with van der Waals surface area (Å²) in [5.41, 5.74) is 0.0251. The first-order valence-electron chi connectivity index (χ1n) is 37.9. The molecule has 2 rings (SSSR count). The van der Waals surface area contributed by atoms with Gasteiger partial charge in [0.2, 0.25) is 17.7 Å². The van der Waals surface area contributed by atoms with Crippen molar-refractivity contribution < 1.29 is 114 Å². The van der Waals surface area contributed by atoms with Crippen LogP contribution in [-0.2, 0) is 52.6 Å². The van der Waals surface area contributed by atoms with E-state index in [4.69, 9.17) is 14.2 Å². The Hall–Kier alpha value is -6.56. The van der Waals surface area contributed by atoms with Gasteiger partial charge in [0, 0.05) is 47.5 Å². The second kappa shape index (κ2) is 46.8. The summed E-state index contributed by atoms with van der Waals surface area (Å²) in [6, 6.07) is -4.96. The third-order valence-electron chi connectivity index (χ3n) is 20.7. The van der Waals surface area contributed by atoms with Crippen molar-refractivity contribution in [2.75, 3.05) is 0 Å². The first-order chi connectivity index (χ1) is 49.7. The molecule has 2 aliphatic rings. The third kappa shape index (κ3) is 32.9. The fourth-order valence-electron chi connectivity index (χ4n) is 13.5. The smallest absolute Gasteiger partial charge is 0.335 e. The summed E-state index contributed by atoms with van der Waals surface area (Å²) >= 11 is 0. The van der Waals surface area contributed by atoms with Gasteiger partial charge < -0.3 is 91.4 Å². The van der Waals surface area contributed by atoms with E-state index in [1.54, 1.807) is 80.5 Å². The Bertz CT molecular complexity index is 3090. The summed E-state index contributed by atoms with van der Waals surface area (Å²) in [6.07, 6.45) is 4.38. The number of hydrogen-bond donors (Lipinski definition) is 15. The van der Waals surface area contributed by atoms with E-state index < -0.39 is 193 Å². The maximum atomic E-state index is 14.6. The zero-order chi connectivity index (χ0) is 81.7. The molecule has 0 aromatic heterocycles. The standard InChI is InChI=1S/C81H131N3O23/c1-43(2)36-59(82-65(90)34-35-81(17,18)76(98)55(15)69(92)44(3)4)73(96)51(11)40-49(9)70(93)46(6)30-32-60(86)53(13)77(99)84-67(56(16)85)75-54(14)63(106-66(91)42-62(88)78(100)101)33-31-47(7)71(94)48(8)39-50(10)72(95)52(12)61(87)41-58-38-45(5)37-57(105-58)28-26-24-22-20-19-21-23-25-27-29-64(89)83-68(80(104)107-75)74(97)79(102)103/h20,22-27,29,31,34-35,39-40,43-46,48,51-63,67-75,85-88,92-97H,19,21,28,30,32-33,36-38,41-42H2,1-18H3,(H,82,90)(H,83,89)(H,84,99)(H,100,101)(H,102,103)/b22-20-,25-23+,26-24+,29-27+,35-34-,47-31-,49-40-,50-39+/t45-,46?,48?,51?,52?,53?,54?,55?,56?,57-,58?,59?,60?,61?,62?,63?,67?,68?,69?,70?,71?,72?,73?,74?,75?/m0/s1. The number of nitrogens with one attached hydrogen (secondary N) is 3. The number of carboxylic acids is 2. The molecule has 0 radical (unpaired) electrons. The van der Waals surface area contributed by atoms with E-state index in [2.05, 4.69) is 22.9 Å². The van der Waals surface area contributed by atoms with Crippen LogP contribution in [0.3, 0.4) is 0 Å². The zero-order valence-electron chi connectivity index (χ0n) is 66.2. The van der Waals surface area contributed by atoms with E-state index in [0.29, 0.717) is 42.7 Å². The van der Waals surface area contributed by atoms with E-state index in [1.165, 1.54) is 58.1 Å². The van der Waals surface area contributed by atoms with E-state index in [0.717, 1.165) is 18.9 Å². The normalized spacial score (nSPS) is 30.2. The lowest BCUT2D eigenvalue weighted by atomic mass is 9.77. The predicted molar refractivity (Wildman–Crippen MR) is 405 cm³/mol. The van der Waals surface area contributed by atoms with Crippen molar-refractivity contribution in [1.82, 2.24) is 16.0 Å². The van der Waals surface area contributed by atoms with E-state index in [-0.39, 0.29) is 54.7 Å². The number of hydrogen-bond acceptors (Lipinski definition) is 21. The number of aliphatic carboxylic acids is 2. The minimum Gasteiger partial charge on any atom is -0.479 e. The SMILES string of the molecule is C/C1=C/CC(OC(=O)CC(O)C(=O)O)C(C)C(C(NC(=O)C(C)C(O)CCC(C)C(O)/C(C)=C\C(C)C(O)C(CC(C)C)NC(=O)/C=C\C(C)(C)C(=O)C(C)C(O)C(C)C)C(C)O)OC(=O)C(C(O)C(=O)O)NC(=O)/C=C/C=C/CC/C=C\C=C\C[C@H]2C[C@H](C)CC(CC(O)C(C)C(O)/C(C)=C/C(C)C1O)O2. The molecule has 0 saturated carbocycles. The lowest BCUT2D eigenvalue weighted by Crippen LogP contribution is -2.59. The van der Waals surface area contributed by atoms with Gasteiger partial charge in [0.25, 0.3) is 0 Å². The molecule has 3 amide bonds. The molecule has 1 fully saturated rings. The fourth-order valence-corrected chi connectivity index (χ4v) is 13.5. The molecule has 2 aliphatic heterocycles. The third-order valence-corrected chi connectivity index (χ3v) is 20.7. The quantitative estimate of drug-likeness (QED) is 0.0219. The maximum absolute atomic E-state index is 14.6. The van der Waals surface area contributed by atoms with Gasteiger partial charge in [0.05, 0.1) is 85.5 Å². The molecule has 15 N–H and O–H groups in total. The molecule has 608 valence electrons. The van der Waals surface area contributed by atoms with Crippen molar-refractivity contribution in [3.05, 3.63) is 95.7 Å². The van der Waals surface area contributed by atoms with Crippen molar-refractivity contribution in [2.24, 2.45) is 64.6 Å². The summed E-state index contributed by atoms with van der Waals surface area (Å²) in [4.78, 5) is 107. The number of rotatable bonds is 28. The van der Waals surface area contributed by atoms with Gasteiger partial charge in [0.15, 0.2) is 18.2 Å². The number of amides is 3. The number of aliphatic hydroxyl groups is 10. The van der Waals surface area contributed by atoms with Gasteiger partial charge in [-0.3, -0.25) is 24.0 Å². The van der Waals surface area contributed by atoms with Crippen LogP contribution in [0.15, 0.2) is 95.7 Å². The molecule has 0 aromatic carbocycles. The van der Waals surface area contributed by atoms with Crippen molar-refractivity contribution in [3.8, 4) is 0 Å². The number of carbonyl (C=O) groups excluding carboxylic acids is 6. The molecule has 0 aliphatic carbocycles. The highest BCUT2D eigenvalue weighted by molar-refractivity contribution is 5.95. The first kappa shape index (κ1) is 96.5. The van der Waals surface area contributed by atoms with Gasteiger partial charge in [0.1, 0.15) is 18.0 Å². The van der Waals surface area contributed by atoms with Crippen molar-refractivity contribution in [3.63, 3.8) is 0 Å². The second-order valence-corrected chi connectivity index (χ2v) is 31.6. The number of aliphatic hydroxyl groups excluding tert-OH is 10. The summed E-state index contributed by atoms with van der Waals surface area (Å²) in [6.45, 7) is 30.0. The van der Waals surface area contributed by atoms with Crippen LogP contribution in [0.1, 0.15) is 195 Å². The van der Waals surface area contributed by atoms with Gasteiger partial charge in [-0.1, -0.05) is 150 Å². The van der Waals surface area contributed by atoms with Gasteiger partial charge >= 0.3 is 23.9 Å². The Labute approximate surface area is 633 Å². The molecule has 107 heavy (non-hydrogen) atoms. The Morgan fingerprint density at radius 1 is 0.720 bits per heavy atom. The van der Waals surface area contributed by atoms with Crippen molar-refractivity contribution in [1.29, 1.82) is 0 Å². The van der Waals surface area contributed by atoms with Gasteiger partial charge in [-0.25, -0.2) is 14.4 Å². The van der Waals surface area contributed by atoms with Crippen molar-refractivity contribution >= 4 is 47.4 Å². The van der Waals surface area contributed by atoms with Gasteiger partial charge in [-0.05, 0) is 146 Å². The zero-order valence-corrected chi connectivity index (χ0v) is 66.2. The highest BCUT2D eigenvalue weighted by Gasteiger charge is 2.45. The molecule has 23 unspecified atom stereocenters. The van der Waals surface area contributed by atoms with Crippen LogP contribution >= 0.6 is 0 Å². The minimum atomic E-state index is -2.69. The lowest BCUT2D eigenvalue weighted by molar-refractivity contribution is -0.175. The number of allylic oxidation sites excluding steroid dienone is 7. The van der Waals surface area contributed by atoms with Crippen LogP contribution in [-0.4, -0.2) is 212 Å². The number of ketones is 1. The molecule has 0 spiro atoms. The maximum Gasteiger partial charge on any atom is 0.335 e. The van der Waals surface area contributed by atoms with Crippen LogP contribution in [0.2, 0.25) is 0 Å². The predicted octanol–water partition coefficient (Wildman–Crippen LogP) is 6.75. The molecule has 2 heterocycles. The molecule has 0 aromatic rings. The number of cyclic esters (lactones) is 1.